The van der Waals surface area contributed by atoms with Crippen molar-refractivity contribution in [3.8, 4) is 0 Å². The molecule has 0 atom stereocenters. The van der Waals surface area contributed by atoms with Crippen molar-refractivity contribution in [3.63, 3.8) is 0 Å². The maximum Gasteiger partial charge on any atom is 0.338 e. The molecule has 4 rings (SSSR count). The lowest BCUT2D eigenvalue weighted by molar-refractivity contribution is 0.0458. The number of sulfonamides is 1. The molecule has 33 heavy (non-hydrogen) atoms. The van der Waals surface area contributed by atoms with E-state index in [1.54, 1.807) is 34.6 Å². The zero-order chi connectivity index (χ0) is 23.6. The summed E-state index contributed by atoms with van der Waals surface area (Å²) in [6, 6.07) is 12.3. The average molecular weight is 471 g/mol. The number of piperidine rings is 1. The van der Waals surface area contributed by atoms with Gasteiger partial charge in [0.2, 0.25) is 10.0 Å². The molecule has 0 spiro atoms. The van der Waals surface area contributed by atoms with Gasteiger partial charge in [0.05, 0.1) is 21.5 Å². The van der Waals surface area contributed by atoms with Crippen molar-refractivity contribution in [1.82, 2.24) is 13.9 Å². The molecule has 0 unspecified atom stereocenters. The van der Waals surface area contributed by atoms with Crippen LogP contribution in [0.5, 0.6) is 0 Å². The van der Waals surface area contributed by atoms with Gasteiger partial charge in [-0.25, -0.2) is 18.2 Å². The Hall–Kier alpha value is -2.91. The van der Waals surface area contributed by atoms with E-state index in [0.29, 0.717) is 36.5 Å². The highest BCUT2D eigenvalue weighted by atomic mass is 32.2. The molecule has 2 heterocycles. The molecular formula is C24H30N4O4S. The van der Waals surface area contributed by atoms with Gasteiger partial charge in [-0.05, 0) is 56.2 Å². The Balaban J connectivity index is 1.57. The molecule has 0 amide bonds. The highest BCUT2D eigenvalue weighted by molar-refractivity contribution is 7.89. The van der Waals surface area contributed by atoms with Gasteiger partial charge in [-0.1, -0.05) is 12.5 Å². The summed E-state index contributed by atoms with van der Waals surface area (Å²) in [6.45, 7) is 3.71. The van der Waals surface area contributed by atoms with Crippen LogP contribution >= 0.6 is 0 Å². The number of aryl methyl sites for hydroxylation is 1. The van der Waals surface area contributed by atoms with Crippen molar-refractivity contribution >= 4 is 32.7 Å². The van der Waals surface area contributed by atoms with Crippen LogP contribution in [-0.2, 0) is 27.9 Å². The molecular weight excluding hydrogens is 440 g/mol. The van der Waals surface area contributed by atoms with E-state index < -0.39 is 16.0 Å². The number of aromatic nitrogens is 2. The van der Waals surface area contributed by atoms with Crippen molar-refractivity contribution in [3.05, 3.63) is 53.9 Å². The zero-order valence-electron chi connectivity index (χ0n) is 19.3. The fraction of sp³-hybridized carbons (Fsp3) is 0.417. The second kappa shape index (κ2) is 9.52. The van der Waals surface area contributed by atoms with Crippen LogP contribution in [0.15, 0.2) is 47.4 Å². The molecule has 8 nitrogen and oxygen atoms in total. The quantitative estimate of drug-likeness (QED) is 0.490. The number of imidazole rings is 1. The summed E-state index contributed by atoms with van der Waals surface area (Å²) in [4.78, 5) is 19.4. The van der Waals surface area contributed by atoms with Crippen LogP contribution in [0.1, 0.15) is 42.4 Å². The monoisotopic (exact) mass is 470 g/mol. The molecule has 1 fully saturated rings. The number of nitrogens with zero attached hydrogens (tertiary/aromatic N) is 4. The van der Waals surface area contributed by atoms with E-state index in [1.807, 2.05) is 42.6 Å². The first-order valence-corrected chi connectivity index (χ1v) is 12.7. The predicted molar refractivity (Wildman–Crippen MR) is 128 cm³/mol. The molecule has 1 aliphatic heterocycles. The summed E-state index contributed by atoms with van der Waals surface area (Å²) < 4.78 is 35.2. The summed E-state index contributed by atoms with van der Waals surface area (Å²) in [5, 5.41) is 0. The molecule has 1 aromatic heterocycles. The fourth-order valence-corrected chi connectivity index (χ4v) is 5.70. The third-order valence-electron chi connectivity index (χ3n) is 6.00. The summed E-state index contributed by atoms with van der Waals surface area (Å²) in [5.41, 5.74) is 2.77. The Morgan fingerprint density at radius 1 is 1.09 bits per heavy atom. The number of rotatable bonds is 7. The molecule has 9 heteroatoms. The van der Waals surface area contributed by atoms with Crippen LogP contribution in [0.4, 0.5) is 5.69 Å². The van der Waals surface area contributed by atoms with Gasteiger partial charge in [0.1, 0.15) is 12.4 Å². The number of hydrogen-bond donors (Lipinski definition) is 0. The van der Waals surface area contributed by atoms with E-state index in [0.717, 1.165) is 30.5 Å². The fourth-order valence-electron chi connectivity index (χ4n) is 4.16. The molecule has 2 aromatic carbocycles. The van der Waals surface area contributed by atoms with E-state index in [4.69, 9.17) is 4.74 Å². The van der Waals surface area contributed by atoms with Gasteiger partial charge in [0, 0.05) is 39.4 Å². The van der Waals surface area contributed by atoms with Gasteiger partial charge in [-0.2, -0.15) is 4.31 Å². The zero-order valence-corrected chi connectivity index (χ0v) is 20.1. The summed E-state index contributed by atoms with van der Waals surface area (Å²) in [6.07, 6.45) is 2.84. The number of carbonyl (C=O) groups excluding carboxylic acids is 1. The first-order chi connectivity index (χ1) is 15.8. The maximum absolute atomic E-state index is 13.1. The van der Waals surface area contributed by atoms with Crippen molar-refractivity contribution in [2.75, 3.05) is 32.1 Å². The third-order valence-corrected chi connectivity index (χ3v) is 7.89. The van der Waals surface area contributed by atoms with Gasteiger partial charge >= 0.3 is 5.97 Å². The first kappa shape index (κ1) is 23.3. The van der Waals surface area contributed by atoms with Crippen LogP contribution in [-0.4, -0.2) is 55.4 Å². The molecule has 3 aromatic rings. The van der Waals surface area contributed by atoms with Gasteiger partial charge in [0.15, 0.2) is 0 Å². The summed E-state index contributed by atoms with van der Waals surface area (Å²) in [5.74, 6) is 0.152. The number of fused-ring (bicyclic) bond motifs is 1. The minimum Gasteiger partial charge on any atom is -0.454 e. The number of carbonyl (C=O) groups is 1. The minimum atomic E-state index is -3.54. The Bertz CT molecular complexity index is 1260. The lowest BCUT2D eigenvalue weighted by atomic mass is 10.2. The third kappa shape index (κ3) is 4.74. The minimum absolute atomic E-state index is 0.00174. The predicted octanol–water partition coefficient (Wildman–Crippen LogP) is 3.65. The van der Waals surface area contributed by atoms with Crippen molar-refractivity contribution < 1.29 is 17.9 Å². The molecule has 0 saturated carbocycles. The van der Waals surface area contributed by atoms with Crippen LogP contribution in [0.3, 0.4) is 0 Å². The summed E-state index contributed by atoms with van der Waals surface area (Å²) in [7, 11) is 0.279. The summed E-state index contributed by atoms with van der Waals surface area (Å²) >= 11 is 0. The Morgan fingerprint density at radius 2 is 1.85 bits per heavy atom. The smallest absolute Gasteiger partial charge is 0.338 e. The van der Waals surface area contributed by atoms with Crippen LogP contribution in [0.25, 0.3) is 11.0 Å². The number of benzene rings is 2. The van der Waals surface area contributed by atoms with Crippen molar-refractivity contribution in [2.24, 2.45) is 0 Å². The first-order valence-electron chi connectivity index (χ1n) is 11.2. The molecule has 0 N–H and O–H groups in total. The van der Waals surface area contributed by atoms with Gasteiger partial charge in [-0.15, -0.1) is 0 Å². The Labute approximate surface area is 194 Å². The topological polar surface area (TPSA) is 84.7 Å². The molecule has 0 aliphatic carbocycles. The van der Waals surface area contributed by atoms with Crippen LogP contribution < -0.4 is 4.90 Å². The highest BCUT2D eigenvalue weighted by Crippen LogP contribution is 2.25. The number of ether oxygens (including phenoxy) is 1. The van der Waals surface area contributed by atoms with Gasteiger partial charge in [-0.3, -0.25) is 0 Å². The average Bonchev–Trinajstić information content (AvgIpc) is 3.19. The van der Waals surface area contributed by atoms with E-state index >= 15 is 0 Å². The molecule has 0 bridgehead atoms. The Kier molecular flexibility index (Phi) is 6.71. The lowest BCUT2D eigenvalue weighted by Crippen LogP contribution is -2.35. The van der Waals surface area contributed by atoms with Crippen molar-refractivity contribution in [1.29, 1.82) is 0 Å². The van der Waals surface area contributed by atoms with Gasteiger partial charge in [0.25, 0.3) is 0 Å². The molecule has 1 saturated heterocycles. The second-order valence-corrected chi connectivity index (χ2v) is 10.3. The maximum atomic E-state index is 13.1. The normalized spacial score (nSPS) is 15.0. The largest absolute Gasteiger partial charge is 0.454 e. The molecule has 1 aliphatic rings. The SMILES string of the molecule is CCn1c(COC(=O)c2cccc(N(C)C)c2)nc2cc(S(=O)(=O)N3CCCCC3)ccc21. The molecule has 176 valence electrons. The van der Waals surface area contributed by atoms with Gasteiger partial charge < -0.3 is 14.2 Å². The van der Waals surface area contributed by atoms with Crippen LogP contribution in [0, 0.1) is 0 Å². The Morgan fingerprint density at radius 3 is 2.55 bits per heavy atom. The standard InChI is InChI=1S/C24H30N4O4S/c1-4-28-22-12-11-20(33(30,31)27-13-6-5-7-14-27)16-21(22)25-23(28)17-32-24(29)18-9-8-10-19(15-18)26(2)3/h8-12,15-16H,4-7,13-14,17H2,1-3H3. The number of esters is 1. The lowest BCUT2D eigenvalue weighted by Gasteiger charge is -2.25. The van der Waals surface area contributed by atoms with Crippen LogP contribution in [0.2, 0.25) is 0 Å². The number of anilines is 1. The molecule has 0 radical (unpaired) electrons. The van der Waals surface area contributed by atoms with E-state index in [1.165, 1.54) is 0 Å². The highest BCUT2D eigenvalue weighted by Gasteiger charge is 2.26. The van der Waals surface area contributed by atoms with E-state index in [2.05, 4.69) is 4.98 Å². The van der Waals surface area contributed by atoms with E-state index in [9.17, 15) is 13.2 Å². The van der Waals surface area contributed by atoms with E-state index in [-0.39, 0.29) is 11.5 Å². The number of hydrogen-bond acceptors (Lipinski definition) is 6. The van der Waals surface area contributed by atoms with Crippen molar-refractivity contribution in [2.45, 2.75) is 44.2 Å². The second-order valence-electron chi connectivity index (χ2n) is 8.41.